The number of benzene rings is 2. The number of rotatable bonds is 7. The van der Waals surface area contributed by atoms with Gasteiger partial charge in [-0.05, 0) is 75.2 Å². The van der Waals surface area contributed by atoms with Crippen LogP contribution in [0.1, 0.15) is 55.2 Å². The van der Waals surface area contributed by atoms with E-state index in [1.165, 1.54) is 12.1 Å². The van der Waals surface area contributed by atoms with Crippen LogP contribution >= 0.6 is 0 Å². The van der Waals surface area contributed by atoms with Gasteiger partial charge in [-0.25, -0.2) is 9.37 Å². The summed E-state index contributed by atoms with van der Waals surface area (Å²) in [6.45, 7) is 2.72. The fourth-order valence-corrected chi connectivity index (χ4v) is 4.04. The third-order valence-corrected chi connectivity index (χ3v) is 5.88. The topological polar surface area (TPSA) is 67.2 Å². The fraction of sp³-hybridized carbons (Fsp3) is 0.423. The fourth-order valence-electron chi connectivity index (χ4n) is 4.04. The predicted octanol–water partition coefficient (Wildman–Crippen LogP) is 4.38. The van der Waals surface area contributed by atoms with Crippen molar-refractivity contribution in [1.29, 1.82) is 0 Å². The molecule has 1 aliphatic rings. The molecule has 0 spiro atoms. The number of nitrogens with two attached hydrogens (primary N) is 1. The number of likely N-dealkylation sites (tertiary alicyclic amines) is 1. The molecule has 0 saturated carbocycles. The molecule has 0 amide bonds. The lowest BCUT2D eigenvalue weighted by Gasteiger charge is -2.31. The molecule has 6 heteroatoms. The van der Waals surface area contributed by atoms with Gasteiger partial charge in [-0.1, -0.05) is 24.0 Å². The minimum absolute atomic E-state index is 0.146. The molecule has 1 aromatic heterocycles. The largest absolute Gasteiger partial charge is 0.362 e. The second-order valence-corrected chi connectivity index (χ2v) is 8.48. The van der Waals surface area contributed by atoms with Gasteiger partial charge in [-0.15, -0.1) is 0 Å². The smallest absolute Gasteiger partial charge is 0.141 e. The number of fused-ring (bicyclic) bond motifs is 1. The van der Waals surface area contributed by atoms with E-state index in [0.717, 1.165) is 61.8 Å². The molecule has 4 rings (SSSR count). The van der Waals surface area contributed by atoms with E-state index < -0.39 is 0 Å². The number of nitrogens with one attached hydrogen (secondary N) is 1. The summed E-state index contributed by atoms with van der Waals surface area (Å²) in [4.78, 5) is 10.3. The van der Waals surface area contributed by atoms with Crippen LogP contribution in [0.2, 0.25) is 0 Å². The Hall–Kier alpha value is -2.72. The summed E-state index contributed by atoms with van der Waals surface area (Å²) < 4.78 is 20.3. The Labute approximate surface area is 189 Å². The van der Waals surface area contributed by atoms with E-state index >= 15 is 0 Å². The maximum absolute atomic E-state index is 13.7. The quantitative estimate of drug-likeness (QED) is 0.428. The Bertz CT molecular complexity index is 1090. The van der Waals surface area contributed by atoms with E-state index in [2.05, 4.69) is 34.8 Å². The van der Waals surface area contributed by atoms with Crippen molar-refractivity contribution in [3.63, 3.8) is 0 Å². The molecule has 1 unspecified atom stereocenters. The lowest BCUT2D eigenvalue weighted by Crippen LogP contribution is -2.35. The van der Waals surface area contributed by atoms with E-state index in [0.29, 0.717) is 17.9 Å². The van der Waals surface area contributed by atoms with Crippen molar-refractivity contribution >= 4 is 11.0 Å². The number of unbranched alkanes of at least 4 members (excludes halogenated alkanes) is 2. The highest BCUT2D eigenvalue weighted by Gasteiger charge is 2.26. The average Bonchev–Trinajstić information content (AvgIpc) is 3.21. The van der Waals surface area contributed by atoms with Gasteiger partial charge in [0.15, 0.2) is 0 Å². The molecule has 3 N–H and O–H groups in total. The number of piperidine rings is 1. The molecule has 32 heavy (non-hydrogen) atoms. The molecule has 0 bridgehead atoms. The first kappa shape index (κ1) is 22.5. The molecular formula is C26H31FN4O. The summed E-state index contributed by atoms with van der Waals surface area (Å²) in [5.41, 5.74) is 8.91. The van der Waals surface area contributed by atoms with Gasteiger partial charge in [0.2, 0.25) is 0 Å². The molecule has 1 saturated heterocycles. The number of hydrogen-bond acceptors (Lipinski definition) is 4. The number of H-pyrrole nitrogens is 1. The van der Waals surface area contributed by atoms with E-state index in [1.54, 1.807) is 6.07 Å². The molecule has 0 radical (unpaired) electrons. The molecule has 3 aromatic rings. The Morgan fingerprint density at radius 2 is 2.06 bits per heavy atom. The van der Waals surface area contributed by atoms with Gasteiger partial charge < -0.3 is 20.4 Å². The monoisotopic (exact) mass is 434 g/mol. The van der Waals surface area contributed by atoms with Gasteiger partial charge in [-0.2, -0.15) is 0 Å². The molecule has 5 nitrogen and oxygen atoms in total. The molecule has 1 fully saturated rings. The number of nitrogens with zero attached hydrogens (tertiary/aromatic N) is 2. The zero-order valence-corrected chi connectivity index (χ0v) is 18.6. The number of imidazole rings is 1. The first-order valence-electron chi connectivity index (χ1n) is 11.4. The highest BCUT2D eigenvalue weighted by molar-refractivity contribution is 5.75. The molecule has 2 heterocycles. The van der Waals surface area contributed by atoms with Crippen LogP contribution in [0.4, 0.5) is 4.39 Å². The zero-order chi connectivity index (χ0) is 22.3. The third kappa shape index (κ3) is 5.74. The minimum atomic E-state index is -0.363. The van der Waals surface area contributed by atoms with Crippen LogP contribution in [0, 0.1) is 17.7 Å². The van der Waals surface area contributed by atoms with Crippen LogP contribution in [0.15, 0.2) is 42.5 Å². The summed E-state index contributed by atoms with van der Waals surface area (Å²) in [6, 6.07) is 12.7. The number of aromatic amines is 1. The van der Waals surface area contributed by atoms with Crippen molar-refractivity contribution in [3.05, 3.63) is 65.2 Å². The number of halogens is 1. The van der Waals surface area contributed by atoms with Gasteiger partial charge in [0.05, 0.1) is 17.1 Å². The van der Waals surface area contributed by atoms with Crippen LogP contribution < -0.4 is 5.73 Å². The first-order chi connectivity index (χ1) is 15.6. The van der Waals surface area contributed by atoms with Crippen LogP contribution in [0.5, 0.6) is 0 Å². The minimum Gasteiger partial charge on any atom is -0.362 e. The van der Waals surface area contributed by atoms with Gasteiger partial charge in [0, 0.05) is 25.1 Å². The lowest BCUT2D eigenvalue weighted by molar-refractivity contribution is -0.0264. The maximum atomic E-state index is 13.7. The summed E-state index contributed by atoms with van der Waals surface area (Å²) in [5.74, 6) is 6.91. The molecular weight excluding hydrogens is 403 g/mol. The third-order valence-electron chi connectivity index (χ3n) is 5.88. The SMILES string of the molecule is CN1CCC(OC(c2cccc(C#CCCCCN)c2)c2nc3ccc(F)cc3[nH]2)CC1. The maximum Gasteiger partial charge on any atom is 0.141 e. The summed E-state index contributed by atoms with van der Waals surface area (Å²) in [5, 5.41) is 0. The predicted molar refractivity (Wildman–Crippen MR) is 126 cm³/mol. The van der Waals surface area contributed by atoms with Gasteiger partial charge >= 0.3 is 0 Å². The van der Waals surface area contributed by atoms with E-state index in [9.17, 15) is 4.39 Å². The highest BCUT2D eigenvalue weighted by atomic mass is 19.1. The average molecular weight is 435 g/mol. The number of ether oxygens (including phenoxy) is 1. The van der Waals surface area contributed by atoms with Crippen molar-refractivity contribution < 1.29 is 9.13 Å². The van der Waals surface area contributed by atoms with E-state index in [1.807, 2.05) is 18.2 Å². The van der Waals surface area contributed by atoms with Gasteiger partial charge in [0.25, 0.3) is 0 Å². The molecule has 0 aliphatic carbocycles. The van der Waals surface area contributed by atoms with Crippen molar-refractivity contribution in [3.8, 4) is 11.8 Å². The Morgan fingerprint density at radius 3 is 2.88 bits per heavy atom. The summed E-state index contributed by atoms with van der Waals surface area (Å²) >= 11 is 0. The molecule has 1 atom stereocenters. The van der Waals surface area contributed by atoms with Crippen LogP contribution in [-0.4, -0.2) is 47.7 Å². The summed E-state index contributed by atoms with van der Waals surface area (Å²) in [6.07, 6.45) is 4.58. The van der Waals surface area contributed by atoms with Crippen molar-refractivity contribution in [1.82, 2.24) is 14.9 Å². The van der Waals surface area contributed by atoms with Crippen LogP contribution in [-0.2, 0) is 4.74 Å². The molecule has 1 aliphatic heterocycles. The van der Waals surface area contributed by atoms with E-state index in [-0.39, 0.29) is 18.0 Å². The lowest BCUT2D eigenvalue weighted by atomic mass is 10.0. The van der Waals surface area contributed by atoms with Crippen LogP contribution in [0.3, 0.4) is 0 Å². The standard InChI is InChI=1S/C26H31FN4O/c1-31-15-12-22(13-16-31)32-25(26-29-23-11-10-21(27)18-24(23)30-26)20-9-6-8-19(17-20)7-4-2-3-5-14-28/h6,8-11,17-18,22,25H,2-3,5,12-16,28H2,1H3,(H,29,30). The second-order valence-electron chi connectivity index (χ2n) is 8.48. The van der Waals surface area contributed by atoms with Gasteiger partial charge in [0.1, 0.15) is 17.7 Å². The highest BCUT2D eigenvalue weighted by Crippen LogP contribution is 2.30. The molecule has 2 aromatic carbocycles. The zero-order valence-electron chi connectivity index (χ0n) is 18.6. The van der Waals surface area contributed by atoms with E-state index in [4.69, 9.17) is 15.5 Å². The molecule has 168 valence electrons. The van der Waals surface area contributed by atoms with Crippen molar-refractivity contribution in [2.24, 2.45) is 5.73 Å². The Balaban J connectivity index is 1.61. The normalized spacial score (nSPS) is 16.1. The van der Waals surface area contributed by atoms with Crippen molar-refractivity contribution in [2.45, 2.75) is 44.3 Å². The summed E-state index contributed by atoms with van der Waals surface area (Å²) in [7, 11) is 2.14. The number of aromatic nitrogens is 2. The second kappa shape index (κ2) is 10.7. The Morgan fingerprint density at radius 1 is 1.22 bits per heavy atom. The van der Waals surface area contributed by atoms with Gasteiger partial charge in [-0.3, -0.25) is 0 Å². The Kier molecular flexibility index (Phi) is 7.54. The van der Waals surface area contributed by atoms with Crippen molar-refractivity contribution in [2.75, 3.05) is 26.7 Å². The number of hydrogen-bond donors (Lipinski definition) is 2. The van der Waals surface area contributed by atoms with Crippen LogP contribution in [0.25, 0.3) is 11.0 Å². The first-order valence-corrected chi connectivity index (χ1v) is 11.4.